The highest BCUT2D eigenvalue weighted by Gasteiger charge is 2.30. The predicted molar refractivity (Wildman–Crippen MR) is 187 cm³/mol. The van der Waals surface area contributed by atoms with Crippen molar-refractivity contribution in [1.82, 2.24) is 10.2 Å². The van der Waals surface area contributed by atoms with E-state index in [-0.39, 0.29) is 55.3 Å². The molecule has 2 rings (SSSR count). The molecule has 1 heterocycles. The number of unbranched alkanes of at least 4 members (excludes halogenated alkanes) is 1. The molecule has 0 saturated carbocycles. The second kappa shape index (κ2) is 20.3. The zero-order valence-electron chi connectivity index (χ0n) is 29.4. The molecule has 0 aliphatic rings. The average Bonchev–Trinajstić information content (AvgIpc) is 3.41. The Labute approximate surface area is 294 Å². The van der Waals surface area contributed by atoms with Crippen LogP contribution in [0.4, 0.5) is 18.0 Å². The molecule has 1 aromatic carbocycles. The number of aryl methyl sites for hydroxylation is 1. The third-order valence-corrected chi connectivity index (χ3v) is 6.92. The Hall–Kier alpha value is -5.41. The summed E-state index contributed by atoms with van der Waals surface area (Å²) in [6.07, 6.45) is 3.63. The average molecular weight is 719 g/mol. The number of carbonyl (C=O) groups excluding carboxylic acids is 2. The fourth-order valence-corrected chi connectivity index (χ4v) is 4.27. The van der Waals surface area contributed by atoms with Crippen LogP contribution in [0.15, 0.2) is 88.9 Å². The van der Waals surface area contributed by atoms with E-state index in [9.17, 15) is 27.6 Å². The summed E-state index contributed by atoms with van der Waals surface area (Å²) < 4.78 is 59.3. The van der Waals surface area contributed by atoms with Crippen LogP contribution in [0.2, 0.25) is 0 Å². The summed E-state index contributed by atoms with van der Waals surface area (Å²) in [5, 5.41) is 2.89. The fourth-order valence-electron chi connectivity index (χ4n) is 4.27. The molecule has 0 bridgehead atoms. The minimum Gasteiger partial charge on any atom is -0.459 e. The number of nitrogens with two attached hydrogens (primary N) is 1. The maximum atomic E-state index is 13.3. The highest BCUT2D eigenvalue weighted by Crippen LogP contribution is 2.29. The summed E-state index contributed by atoms with van der Waals surface area (Å²) in [4.78, 5) is 51.4. The van der Waals surface area contributed by atoms with Crippen molar-refractivity contribution in [3.63, 3.8) is 0 Å². The van der Waals surface area contributed by atoms with Crippen LogP contribution in [0.1, 0.15) is 63.2 Å². The van der Waals surface area contributed by atoms with Crippen LogP contribution < -0.4 is 16.9 Å². The van der Waals surface area contributed by atoms with Crippen molar-refractivity contribution < 1.29 is 41.1 Å². The molecule has 13 nitrogen and oxygen atoms in total. The topological polar surface area (TPSA) is 174 Å². The maximum absolute atomic E-state index is 13.3. The molecule has 1 aromatic heterocycles. The van der Waals surface area contributed by atoms with E-state index in [4.69, 9.17) is 24.0 Å². The third kappa shape index (κ3) is 14.9. The fraction of sp³-hybridized carbons (Fsp3) is 0.429. The van der Waals surface area contributed by atoms with E-state index in [1.807, 2.05) is 20.8 Å². The molecule has 51 heavy (non-hydrogen) atoms. The van der Waals surface area contributed by atoms with Crippen LogP contribution in [0.5, 0.6) is 0 Å². The highest BCUT2D eigenvalue weighted by atomic mass is 19.4. The van der Waals surface area contributed by atoms with E-state index in [0.29, 0.717) is 25.1 Å². The zero-order chi connectivity index (χ0) is 38.0. The first-order valence-corrected chi connectivity index (χ1v) is 16.1. The van der Waals surface area contributed by atoms with Gasteiger partial charge >= 0.3 is 24.1 Å². The van der Waals surface area contributed by atoms with E-state index in [2.05, 4.69) is 27.0 Å². The number of hydrogen-bond donors (Lipinski definition) is 2. The lowest BCUT2D eigenvalue weighted by molar-refractivity contribution is -0.137. The molecule has 2 aromatic rings. The van der Waals surface area contributed by atoms with Gasteiger partial charge in [0.05, 0.1) is 5.56 Å². The van der Waals surface area contributed by atoms with E-state index in [1.165, 1.54) is 54.5 Å². The Morgan fingerprint density at radius 3 is 2.35 bits per heavy atom. The summed E-state index contributed by atoms with van der Waals surface area (Å²) in [5.74, 6) is -0.854. The Bertz CT molecular complexity index is 1670. The van der Waals surface area contributed by atoms with Crippen LogP contribution in [0.25, 0.3) is 0 Å². The van der Waals surface area contributed by atoms with E-state index in [1.54, 1.807) is 6.92 Å². The maximum Gasteiger partial charge on any atom is 0.519 e. The van der Waals surface area contributed by atoms with Crippen LogP contribution in [0, 0.1) is 12.3 Å². The Kier molecular flexibility index (Phi) is 16.6. The smallest absolute Gasteiger partial charge is 0.459 e. The molecule has 0 atom stereocenters. The largest absolute Gasteiger partial charge is 0.519 e. The van der Waals surface area contributed by atoms with Crippen LogP contribution in [0.3, 0.4) is 0 Å². The molecule has 0 spiro atoms. The second-order valence-corrected chi connectivity index (χ2v) is 11.8. The standard InChI is InChI=1S/C35H45F3N6O7/c1-7-9-19-44(32(46)49-21-28-24(3)50-33(47)51-28)23-34(4,5)22-42-30(45)26(11-10-18-39)14-17-29(41-8-2)43-31(40-6)48-20-25-12-15-27(16-13-25)35(36,37)38/h10-18H,6-9,19-23,39H2,1-5H3,(H,42,45)/b17-14+,18-10+,26-11+,41-29-,43-31+. The second-order valence-electron chi connectivity index (χ2n) is 11.8. The van der Waals surface area contributed by atoms with Gasteiger partial charge in [0.25, 0.3) is 5.91 Å². The van der Waals surface area contributed by atoms with Gasteiger partial charge in [-0.3, -0.25) is 9.79 Å². The zero-order valence-corrected chi connectivity index (χ0v) is 29.4. The molecule has 16 heteroatoms. The number of amides is 2. The number of rotatable bonds is 16. The van der Waals surface area contributed by atoms with Crippen molar-refractivity contribution in [3.8, 4) is 0 Å². The van der Waals surface area contributed by atoms with E-state index in [0.717, 1.165) is 18.6 Å². The number of alkyl halides is 3. The van der Waals surface area contributed by atoms with Gasteiger partial charge in [-0.25, -0.2) is 14.6 Å². The van der Waals surface area contributed by atoms with Crippen molar-refractivity contribution in [1.29, 1.82) is 0 Å². The first kappa shape index (κ1) is 41.8. The van der Waals surface area contributed by atoms with Crippen molar-refractivity contribution in [2.75, 3.05) is 26.2 Å². The molecule has 0 unspecified atom stereocenters. The number of benzene rings is 1. The summed E-state index contributed by atoms with van der Waals surface area (Å²) >= 11 is 0. The molecule has 0 radical (unpaired) electrons. The van der Waals surface area contributed by atoms with Crippen molar-refractivity contribution in [2.45, 2.75) is 66.9 Å². The minimum absolute atomic E-state index is 0.120. The summed E-state index contributed by atoms with van der Waals surface area (Å²) in [6, 6.07) is 4.28. The molecule has 0 aliphatic carbocycles. The van der Waals surface area contributed by atoms with Gasteiger partial charge in [-0.05, 0) is 80.6 Å². The van der Waals surface area contributed by atoms with Gasteiger partial charge in [0, 0.05) is 31.8 Å². The van der Waals surface area contributed by atoms with Crippen molar-refractivity contribution in [2.24, 2.45) is 26.1 Å². The van der Waals surface area contributed by atoms with Crippen LogP contribution >= 0.6 is 0 Å². The molecule has 0 aliphatic heterocycles. The molecular weight excluding hydrogens is 673 g/mol. The summed E-state index contributed by atoms with van der Waals surface area (Å²) in [7, 11) is 0. The van der Waals surface area contributed by atoms with Gasteiger partial charge in [-0.2, -0.15) is 18.2 Å². The SMILES string of the molecule is C=N\C(=N/C(/C=C/C(=C\C=C\N)C(=O)NCC(C)(C)CN(CCCC)C(=O)OCc1oc(=O)oc1C)=N\CC)OCc1ccc(C(F)(F)F)cc1. The summed E-state index contributed by atoms with van der Waals surface area (Å²) in [6.45, 7) is 13.2. The monoisotopic (exact) mass is 718 g/mol. The number of nitrogens with zero attached hydrogens (tertiary/aromatic N) is 4. The van der Waals surface area contributed by atoms with Gasteiger partial charge in [0.1, 0.15) is 6.61 Å². The highest BCUT2D eigenvalue weighted by molar-refractivity contribution is 6.04. The van der Waals surface area contributed by atoms with E-state index < -0.39 is 35.0 Å². The lowest BCUT2D eigenvalue weighted by Crippen LogP contribution is -2.45. The molecular formula is C35H45F3N6O7. The lowest BCUT2D eigenvalue weighted by atomic mass is 9.92. The first-order chi connectivity index (χ1) is 24.1. The van der Waals surface area contributed by atoms with Gasteiger partial charge in [0.2, 0.25) is 0 Å². The lowest BCUT2D eigenvalue weighted by Gasteiger charge is -2.32. The minimum atomic E-state index is -4.46. The Balaban J connectivity index is 2.12. The molecule has 3 N–H and O–H groups in total. The predicted octanol–water partition coefficient (Wildman–Crippen LogP) is 6.09. The van der Waals surface area contributed by atoms with Crippen molar-refractivity contribution in [3.05, 3.63) is 93.6 Å². The number of ether oxygens (including phenoxy) is 2. The number of carbonyl (C=O) groups is 2. The number of allylic oxidation sites excluding steroid dienone is 2. The van der Waals surface area contributed by atoms with Crippen LogP contribution in [-0.2, 0) is 33.7 Å². The number of hydrogen-bond acceptors (Lipinski definition) is 9. The molecule has 278 valence electrons. The Morgan fingerprint density at radius 1 is 1.08 bits per heavy atom. The van der Waals surface area contributed by atoms with Crippen molar-refractivity contribution >= 4 is 30.6 Å². The quantitative estimate of drug-likeness (QED) is 0.0908. The number of amidine groups is 2. The molecule has 2 amide bonds. The first-order valence-electron chi connectivity index (χ1n) is 16.1. The van der Waals surface area contributed by atoms with Gasteiger partial charge < -0.3 is 34.3 Å². The Morgan fingerprint density at radius 2 is 1.78 bits per heavy atom. The number of nitrogens with one attached hydrogen (secondary N) is 1. The normalized spacial score (nSPS) is 13.1. The van der Waals surface area contributed by atoms with Gasteiger partial charge in [0.15, 0.2) is 24.0 Å². The molecule has 0 fully saturated rings. The summed E-state index contributed by atoms with van der Waals surface area (Å²) in [5.41, 5.74) is 4.78. The number of aliphatic imine (C=N–C) groups is 3. The number of halogens is 3. The van der Waals surface area contributed by atoms with Crippen LogP contribution in [-0.4, -0.2) is 61.7 Å². The van der Waals surface area contributed by atoms with Gasteiger partial charge in [-0.1, -0.05) is 39.3 Å². The van der Waals surface area contributed by atoms with E-state index >= 15 is 0 Å². The van der Waals surface area contributed by atoms with Gasteiger partial charge in [-0.15, -0.1) is 0 Å². The third-order valence-electron chi connectivity index (χ3n) is 6.92. The molecule has 0 saturated heterocycles.